The number of thioether (sulfide) groups is 1. The number of benzene rings is 5. The lowest BCUT2D eigenvalue weighted by Gasteiger charge is -2.18. The molecule has 5 aromatic rings. The molecule has 0 aliphatic rings. The average molecular weight is 713 g/mol. The van der Waals surface area contributed by atoms with Gasteiger partial charge in [0.2, 0.25) is 5.91 Å². The SMILES string of the molecule is COc1ccc(OC)c(/C=C(/NC(=O)c2ccccc2)C(=O)Nc2cccc(SC(C(=O)Nc3cc(Cl)cc(Cl)c3)c3ccccc3)c2)c1. The molecule has 0 spiro atoms. The van der Waals surface area contributed by atoms with Gasteiger partial charge in [-0.25, -0.2) is 0 Å². The van der Waals surface area contributed by atoms with Crippen LogP contribution in [0.1, 0.15) is 26.7 Å². The molecular formula is C38H31Cl2N3O5S. The lowest BCUT2D eigenvalue weighted by atomic mass is 10.1. The summed E-state index contributed by atoms with van der Waals surface area (Å²) in [6, 6.07) is 35.0. The van der Waals surface area contributed by atoms with Crippen LogP contribution in [0.5, 0.6) is 11.5 Å². The van der Waals surface area contributed by atoms with Gasteiger partial charge in [0.1, 0.15) is 22.4 Å². The number of methoxy groups -OCH3 is 2. The van der Waals surface area contributed by atoms with Crippen molar-refractivity contribution in [2.45, 2.75) is 10.1 Å². The van der Waals surface area contributed by atoms with Crippen LogP contribution in [0.15, 0.2) is 132 Å². The normalized spacial score (nSPS) is 11.6. The molecule has 5 aromatic carbocycles. The molecule has 0 aliphatic carbocycles. The van der Waals surface area contributed by atoms with Gasteiger partial charge in [0.05, 0.1) is 14.2 Å². The van der Waals surface area contributed by atoms with Crippen molar-refractivity contribution in [2.24, 2.45) is 0 Å². The number of carbonyl (C=O) groups excluding carboxylic acids is 3. The van der Waals surface area contributed by atoms with Crippen LogP contribution >= 0.6 is 35.0 Å². The first-order chi connectivity index (χ1) is 23.7. The molecule has 0 heterocycles. The smallest absolute Gasteiger partial charge is 0.272 e. The van der Waals surface area contributed by atoms with E-state index in [2.05, 4.69) is 16.0 Å². The maximum absolute atomic E-state index is 13.8. The monoisotopic (exact) mass is 711 g/mol. The number of nitrogens with one attached hydrogen (secondary N) is 3. The number of carbonyl (C=O) groups is 3. The fourth-order valence-electron chi connectivity index (χ4n) is 4.77. The third-order valence-electron chi connectivity index (χ3n) is 7.08. The van der Waals surface area contributed by atoms with E-state index in [9.17, 15) is 14.4 Å². The first-order valence-electron chi connectivity index (χ1n) is 14.9. The molecular weight excluding hydrogens is 681 g/mol. The molecule has 0 fully saturated rings. The van der Waals surface area contributed by atoms with Crippen molar-refractivity contribution in [3.63, 3.8) is 0 Å². The van der Waals surface area contributed by atoms with E-state index in [4.69, 9.17) is 32.7 Å². The van der Waals surface area contributed by atoms with Gasteiger partial charge < -0.3 is 25.4 Å². The maximum atomic E-state index is 13.8. The van der Waals surface area contributed by atoms with E-state index in [0.29, 0.717) is 48.9 Å². The van der Waals surface area contributed by atoms with Crippen molar-refractivity contribution in [3.8, 4) is 11.5 Å². The van der Waals surface area contributed by atoms with E-state index in [-0.39, 0.29) is 11.6 Å². The quantitative estimate of drug-likeness (QED) is 0.0882. The first kappa shape index (κ1) is 35.1. The van der Waals surface area contributed by atoms with Gasteiger partial charge in [-0.1, -0.05) is 77.8 Å². The fourth-order valence-corrected chi connectivity index (χ4v) is 6.38. The number of ether oxygens (including phenoxy) is 2. The second-order valence-corrected chi connectivity index (χ2v) is 12.6. The van der Waals surface area contributed by atoms with E-state index in [1.807, 2.05) is 36.4 Å². The number of hydrogen-bond acceptors (Lipinski definition) is 6. The molecule has 0 radical (unpaired) electrons. The topological polar surface area (TPSA) is 106 Å². The molecule has 3 amide bonds. The summed E-state index contributed by atoms with van der Waals surface area (Å²) in [6.07, 6.45) is 1.52. The summed E-state index contributed by atoms with van der Waals surface area (Å²) in [5, 5.41) is 8.67. The Morgan fingerprint density at radius 1 is 0.714 bits per heavy atom. The largest absolute Gasteiger partial charge is 0.497 e. The Morgan fingerprint density at radius 2 is 1.41 bits per heavy atom. The van der Waals surface area contributed by atoms with Crippen molar-refractivity contribution in [1.29, 1.82) is 0 Å². The molecule has 0 saturated heterocycles. The lowest BCUT2D eigenvalue weighted by Crippen LogP contribution is -2.30. The summed E-state index contributed by atoms with van der Waals surface area (Å²) >= 11 is 13.6. The van der Waals surface area contributed by atoms with Crippen molar-refractivity contribution in [1.82, 2.24) is 5.32 Å². The summed E-state index contributed by atoms with van der Waals surface area (Å²) in [6.45, 7) is 0. The molecule has 0 bridgehead atoms. The van der Waals surface area contributed by atoms with Crippen LogP contribution in [0.4, 0.5) is 11.4 Å². The number of halogens is 2. The van der Waals surface area contributed by atoms with Crippen LogP contribution in [0, 0.1) is 0 Å². The fraction of sp³-hybridized carbons (Fsp3) is 0.0789. The molecule has 0 aromatic heterocycles. The summed E-state index contributed by atoms with van der Waals surface area (Å²) in [5.74, 6) is -0.312. The molecule has 11 heteroatoms. The highest BCUT2D eigenvalue weighted by Gasteiger charge is 2.23. The molecule has 1 atom stereocenters. The minimum atomic E-state index is -0.661. The van der Waals surface area contributed by atoms with E-state index in [1.54, 1.807) is 84.9 Å². The predicted molar refractivity (Wildman–Crippen MR) is 197 cm³/mol. The van der Waals surface area contributed by atoms with Gasteiger partial charge in [-0.2, -0.15) is 0 Å². The van der Waals surface area contributed by atoms with Gasteiger partial charge in [0.25, 0.3) is 11.8 Å². The van der Waals surface area contributed by atoms with Gasteiger partial charge in [-0.05, 0) is 78.4 Å². The molecule has 248 valence electrons. The van der Waals surface area contributed by atoms with Crippen molar-refractivity contribution in [2.75, 3.05) is 24.9 Å². The van der Waals surface area contributed by atoms with Gasteiger partial charge >= 0.3 is 0 Å². The first-order valence-corrected chi connectivity index (χ1v) is 16.6. The summed E-state index contributed by atoms with van der Waals surface area (Å²) in [4.78, 5) is 41.3. The Bertz CT molecular complexity index is 1970. The van der Waals surface area contributed by atoms with Crippen LogP contribution in [-0.2, 0) is 9.59 Å². The molecule has 0 aliphatic heterocycles. The van der Waals surface area contributed by atoms with Gasteiger partial charge in [0, 0.05) is 37.4 Å². The third kappa shape index (κ3) is 9.67. The second-order valence-electron chi connectivity index (χ2n) is 10.5. The van der Waals surface area contributed by atoms with Crippen LogP contribution in [0.2, 0.25) is 10.0 Å². The van der Waals surface area contributed by atoms with Crippen LogP contribution in [0.25, 0.3) is 6.08 Å². The van der Waals surface area contributed by atoms with Gasteiger partial charge in [-0.15, -0.1) is 11.8 Å². The van der Waals surface area contributed by atoms with Crippen molar-refractivity contribution in [3.05, 3.63) is 154 Å². The Kier molecular flexibility index (Phi) is 12.0. The molecule has 3 N–H and O–H groups in total. The molecule has 8 nitrogen and oxygen atoms in total. The van der Waals surface area contributed by atoms with Crippen molar-refractivity contribution < 1.29 is 23.9 Å². The van der Waals surface area contributed by atoms with E-state index in [0.717, 1.165) is 5.56 Å². The summed E-state index contributed by atoms with van der Waals surface area (Å²) in [5.41, 5.74) is 2.55. The Labute approximate surface area is 298 Å². The molecule has 1 unspecified atom stereocenters. The van der Waals surface area contributed by atoms with Crippen LogP contribution in [-0.4, -0.2) is 31.9 Å². The van der Waals surface area contributed by atoms with Crippen molar-refractivity contribution >= 4 is 70.1 Å². The highest BCUT2D eigenvalue weighted by Crippen LogP contribution is 2.38. The Hall–Kier alpha value is -5.22. The Morgan fingerprint density at radius 3 is 2.08 bits per heavy atom. The predicted octanol–water partition coefficient (Wildman–Crippen LogP) is 8.89. The summed E-state index contributed by atoms with van der Waals surface area (Å²) in [7, 11) is 3.04. The number of hydrogen-bond donors (Lipinski definition) is 3. The number of anilines is 2. The highest BCUT2D eigenvalue weighted by atomic mass is 35.5. The second kappa shape index (κ2) is 16.7. The van der Waals surface area contributed by atoms with E-state index < -0.39 is 17.1 Å². The van der Waals surface area contributed by atoms with E-state index >= 15 is 0 Å². The minimum Gasteiger partial charge on any atom is -0.497 e. The lowest BCUT2D eigenvalue weighted by molar-refractivity contribution is -0.116. The van der Waals surface area contributed by atoms with E-state index in [1.165, 1.54) is 32.1 Å². The maximum Gasteiger partial charge on any atom is 0.272 e. The van der Waals surface area contributed by atoms with Gasteiger partial charge in [0.15, 0.2) is 0 Å². The standard InChI is InChI=1S/C38H31Cl2N3O5S/c1-47-31-16-17-34(48-2)26(18-31)19-33(43-36(44)25-12-7-4-8-13-25)37(45)41-29-14-9-15-32(23-29)49-35(24-10-5-3-6-11-24)38(46)42-30-21-27(39)20-28(40)22-30/h3-23,35H,1-2H3,(H,41,45)(H,42,46)(H,43,44)/b33-19+. The molecule has 0 saturated carbocycles. The average Bonchev–Trinajstić information content (AvgIpc) is 3.10. The van der Waals surface area contributed by atoms with Crippen LogP contribution < -0.4 is 25.4 Å². The molecule has 5 rings (SSSR count). The minimum absolute atomic E-state index is 0.0276. The third-order valence-corrected chi connectivity index (χ3v) is 8.77. The zero-order valence-corrected chi connectivity index (χ0v) is 28.7. The van der Waals surface area contributed by atoms with Crippen LogP contribution in [0.3, 0.4) is 0 Å². The summed E-state index contributed by atoms with van der Waals surface area (Å²) < 4.78 is 10.9. The number of rotatable bonds is 12. The Balaban J connectivity index is 1.42. The molecule has 49 heavy (non-hydrogen) atoms. The van der Waals surface area contributed by atoms with Gasteiger partial charge in [-0.3, -0.25) is 14.4 Å². The zero-order chi connectivity index (χ0) is 34.8. The zero-order valence-electron chi connectivity index (χ0n) is 26.4. The number of amides is 3. The highest BCUT2D eigenvalue weighted by molar-refractivity contribution is 8.00.